The first-order chi connectivity index (χ1) is 14.5. The average Bonchev–Trinajstić information content (AvgIpc) is 3.16. The molecular formula is C22H25N5O3. The number of amides is 2. The van der Waals surface area contributed by atoms with Gasteiger partial charge in [0.25, 0.3) is 5.91 Å². The molecule has 1 unspecified atom stereocenters. The summed E-state index contributed by atoms with van der Waals surface area (Å²) in [6.07, 6.45) is 7.69. The molecule has 0 bridgehead atoms. The molecule has 1 atom stereocenters. The minimum atomic E-state index is -0.888. The van der Waals surface area contributed by atoms with Crippen LogP contribution in [0.15, 0.2) is 55.1 Å². The normalized spacial score (nSPS) is 16.9. The maximum atomic E-state index is 12.8. The van der Waals surface area contributed by atoms with Gasteiger partial charge in [0.2, 0.25) is 5.91 Å². The van der Waals surface area contributed by atoms with Crippen LogP contribution in [-0.4, -0.2) is 61.1 Å². The number of piperidine rings is 1. The molecule has 0 aromatic carbocycles. The zero-order valence-corrected chi connectivity index (χ0v) is 16.9. The van der Waals surface area contributed by atoms with E-state index < -0.39 is 11.6 Å². The lowest BCUT2D eigenvalue weighted by Gasteiger charge is -2.39. The largest absolute Gasteiger partial charge is 0.388 e. The highest BCUT2D eigenvalue weighted by Crippen LogP contribution is 2.26. The highest BCUT2D eigenvalue weighted by atomic mass is 16.3. The molecule has 0 radical (unpaired) electrons. The van der Waals surface area contributed by atoms with Crippen molar-refractivity contribution >= 4 is 22.8 Å². The van der Waals surface area contributed by atoms with Crippen molar-refractivity contribution in [2.45, 2.75) is 38.0 Å². The molecule has 1 fully saturated rings. The van der Waals surface area contributed by atoms with Crippen molar-refractivity contribution in [2.24, 2.45) is 0 Å². The van der Waals surface area contributed by atoms with Gasteiger partial charge in [-0.15, -0.1) is 0 Å². The van der Waals surface area contributed by atoms with Crippen molar-refractivity contribution in [3.05, 3.63) is 60.7 Å². The average molecular weight is 407 g/mol. The van der Waals surface area contributed by atoms with E-state index in [-0.39, 0.29) is 11.8 Å². The van der Waals surface area contributed by atoms with E-state index in [1.54, 1.807) is 36.4 Å². The lowest BCUT2D eigenvalue weighted by molar-refractivity contribution is -0.137. The quantitative estimate of drug-likeness (QED) is 0.669. The van der Waals surface area contributed by atoms with Crippen molar-refractivity contribution in [3.8, 4) is 0 Å². The molecule has 0 spiro atoms. The monoisotopic (exact) mass is 407 g/mol. The number of aromatic nitrogens is 3. The number of rotatable bonds is 5. The van der Waals surface area contributed by atoms with Crippen molar-refractivity contribution < 1.29 is 14.7 Å². The van der Waals surface area contributed by atoms with E-state index in [4.69, 9.17) is 0 Å². The lowest BCUT2D eigenvalue weighted by Crippen LogP contribution is -2.53. The second kappa shape index (κ2) is 8.23. The maximum Gasteiger partial charge on any atom is 0.253 e. The second-order valence-electron chi connectivity index (χ2n) is 7.84. The molecule has 3 aromatic heterocycles. The first-order valence-electron chi connectivity index (χ1n) is 10.1. The topological polar surface area (TPSA) is 100 Å². The number of carbonyl (C=O) groups is 2. The smallest absolute Gasteiger partial charge is 0.253 e. The van der Waals surface area contributed by atoms with E-state index in [1.807, 2.05) is 29.0 Å². The van der Waals surface area contributed by atoms with E-state index in [0.29, 0.717) is 38.0 Å². The maximum absolute atomic E-state index is 12.8. The van der Waals surface area contributed by atoms with Gasteiger partial charge in [-0.25, -0.2) is 0 Å². The fourth-order valence-corrected chi connectivity index (χ4v) is 3.89. The summed E-state index contributed by atoms with van der Waals surface area (Å²) in [5, 5.41) is 13.8. The minimum absolute atomic E-state index is 0.148. The summed E-state index contributed by atoms with van der Waals surface area (Å²) in [6.45, 7) is 3.02. The molecule has 8 nitrogen and oxygen atoms in total. The minimum Gasteiger partial charge on any atom is -0.388 e. The Hall–Kier alpha value is -3.26. The second-order valence-corrected chi connectivity index (χ2v) is 7.84. The van der Waals surface area contributed by atoms with E-state index in [2.05, 4.69) is 15.3 Å². The van der Waals surface area contributed by atoms with E-state index in [9.17, 15) is 14.7 Å². The van der Waals surface area contributed by atoms with Gasteiger partial charge in [-0.3, -0.25) is 19.6 Å². The summed E-state index contributed by atoms with van der Waals surface area (Å²) < 4.78 is 2.01. The number of likely N-dealkylation sites (tertiary alicyclic amines) is 1. The number of fused-ring (bicyclic) bond motifs is 1. The van der Waals surface area contributed by atoms with Gasteiger partial charge in [-0.1, -0.05) is 0 Å². The molecular weight excluding hydrogens is 382 g/mol. The van der Waals surface area contributed by atoms with Gasteiger partial charge in [0.05, 0.1) is 28.7 Å². The molecule has 0 saturated carbocycles. The number of hydrogen-bond acceptors (Lipinski definition) is 5. The van der Waals surface area contributed by atoms with Crippen LogP contribution in [-0.2, 0) is 11.3 Å². The SMILES string of the molecule is CC(NC(=O)c1cccnc1)C(=O)N1CCC(O)(Cn2ccc3ncccc32)CC1. The molecule has 1 aliphatic rings. The standard InChI is InChI=1S/C22H25N5O3/c1-16(25-20(28)17-4-2-9-23-14-17)21(29)26-12-7-22(30,8-13-26)15-27-11-6-18-19(27)5-3-10-24-18/h2-6,9-11,14,16,30H,7-8,12-13,15H2,1H3,(H,25,28). The highest BCUT2D eigenvalue weighted by Gasteiger charge is 2.35. The third-order valence-electron chi connectivity index (χ3n) is 5.65. The predicted molar refractivity (Wildman–Crippen MR) is 112 cm³/mol. The summed E-state index contributed by atoms with van der Waals surface area (Å²) >= 11 is 0. The molecule has 4 heterocycles. The van der Waals surface area contributed by atoms with Crippen LogP contribution < -0.4 is 5.32 Å². The van der Waals surface area contributed by atoms with Crippen LogP contribution in [0.2, 0.25) is 0 Å². The van der Waals surface area contributed by atoms with Crippen molar-refractivity contribution in [1.82, 2.24) is 24.8 Å². The Bertz CT molecular complexity index is 1040. The molecule has 3 aromatic rings. The number of carbonyl (C=O) groups excluding carboxylic acids is 2. The first-order valence-corrected chi connectivity index (χ1v) is 10.1. The Morgan fingerprint density at radius 1 is 1.20 bits per heavy atom. The van der Waals surface area contributed by atoms with Crippen molar-refractivity contribution in [2.75, 3.05) is 13.1 Å². The van der Waals surface area contributed by atoms with Gasteiger partial charge >= 0.3 is 0 Å². The van der Waals surface area contributed by atoms with Crippen LogP contribution in [0.25, 0.3) is 11.0 Å². The van der Waals surface area contributed by atoms with E-state index in [0.717, 1.165) is 11.0 Å². The lowest BCUT2D eigenvalue weighted by atomic mass is 9.91. The molecule has 2 amide bonds. The Morgan fingerprint density at radius 2 is 1.97 bits per heavy atom. The van der Waals surface area contributed by atoms with Crippen LogP contribution in [0.1, 0.15) is 30.1 Å². The van der Waals surface area contributed by atoms with Crippen LogP contribution in [0, 0.1) is 0 Å². The van der Waals surface area contributed by atoms with Crippen LogP contribution >= 0.6 is 0 Å². The van der Waals surface area contributed by atoms with Crippen molar-refractivity contribution in [3.63, 3.8) is 0 Å². The van der Waals surface area contributed by atoms with E-state index in [1.165, 1.54) is 6.20 Å². The van der Waals surface area contributed by atoms with Gasteiger partial charge < -0.3 is 19.9 Å². The number of nitrogens with one attached hydrogen (secondary N) is 1. The summed E-state index contributed by atoms with van der Waals surface area (Å²) in [7, 11) is 0. The molecule has 1 saturated heterocycles. The van der Waals surface area contributed by atoms with Gasteiger partial charge in [-0.05, 0) is 50.1 Å². The Kier molecular flexibility index (Phi) is 5.50. The number of nitrogens with zero attached hydrogens (tertiary/aromatic N) is 4. The van der Waals surface area contributed by atoms with Gasteiger partial charge in [0.1, 0.15) is 6.04 Å². The van der Waals surface area contributed by atoms with E-state index >= 15 is 0 Å². The number of aliphatic hydroxyl groups is 1. The summed E-state index contributed by atoms with van der Waals surface area (Å²) in [5.41, 5.74) is 1.41. The zero-order valence-electron chi connectivity index (χ0n) is 16.9. The van der Waals surface area contributed by atoms with Gasteiger partial charge in [-0.2, -0.15) is 0 Å². The molecule has 156 valence electrons. The highest BCUT2D eigenvalue weighted by molar-refractivity contribution is 5.97. The Morgan fingerprint density at radius 3 is 2.70 bits per heavy atom. The molecule has 1 aliphatic heterocycles. The van der Waals surface area contributed by atoms with Gasteiger partial charge in [0, 0.05) is 37.9 Å². The number of hydrogen-bond donors (Lipinski definition) is 2. The number of pyridine rings is 2. The molecule has 8 heteroatoms. The fourth-order valence-electron chi connectivity index (χ4n) is 3.89. The molecule has 4 rings (SSSR count). The summed E-state index contributed by atoms with van der Waals surface area (Å²) in [4.78, 5) is 35.0. The van der Waals surface area contributed by atoms with Crippen LogP contribution in [0.4, 0.5) is 0 Å². The Balaban J connectivity index is 1.34. The van der Waals surface area contributed by atoms with Crippen molar-refractivity contribution in [1.29, 1.82) is 0 Å². The van der Waals surface area contributed by atoms with Crippen LogP contribution in [0.5, 0.6) is 0 Å². The summed E-state index contributed by atoms with van der Waals surface area (Å²) in [6, 6.07) is 8.48. The predicted octanol–water partition coefficient (Wildman–Crippen LogP) is 1.60. The zero-order chi connectivity index (χ0) is 21.1. The molecule has 30 heavy (non-hydrogen) atoms. The molecule has 2 N–H and O–H groups in total. The first kappa shape index (κ1) is 20.0. The van der Waals surface area contributed by atoms with Gasteiger partial charge in [0.15, 0.2) is 0 Å². The molecule has 0 aliphatic carbocycles. The Labute approximate surface area is 174 Å². The van der Waals surface area contributed by atoms with Crippen LogP contribution in [0.3, 0.4) is 0 Å². The third kappa shape index (κ3) is 4.18. The summed E-state index contributed by atoms with van der Waals surface area (Å²) in [5.74, 6) is -0.476. The third-order valence-corrected chi connectivity index (χ3v) is 5.65. The fraction of sp³-hybridized carbons (Fsp3) is 0.364.